The fourth-order valence-corrected chi connectivity index (χ4v) is 4.38. The summed E-state index contributed by atoms with van der Waals surface area (Å²) in [5, 5.41) is 10.6. The number of ether oxygens (including phenoxy) is 1. The number of benzene rings is 2. The van der Waals surface area contributed by atoms with Crippen LogP contribution in [0.1, 0.15) is 0 Å². The van der Waals surface area contributed by atoms with Gasteiger partial charge in [-0.25, -0.2) is 8.42 Å². The predicted octanol–water partition coefficient (Wildman–Crippen LogP) is 3.46. The average Bonchev–Trinajstić information content (AvgIpc) is 3.14. The second-order valence-electron chi connectivity index (χ2n) is 5.80. The standard InChI is InChI=1S/C18H18N4O4S3/c1-27-18-21-20-17(28-18)19-16(23)12-22(29(2,24)25)13-8-10-15(11-9-13)26-14-6-4-3-5-7-14/h3-11H,12H2,1-2H3,(H,19,20,23). The summed E-state index contributed by atoms with van der Waals surface area (Å²) < 4.78 is 31.9. The van der Waals surface area contributed by atoms with Gasteiger partial charge in [-0.15, -0.1) is 10.2 Å². The molecule has 3 rings (SSSR count). The molecule has 0 saturated heterocycles. The summed E-state index contributed by atoms with van der Waals surface area (Å²) in [4.78, 5) is 12.3. The number of aromatic nitrogens is 2. The van der Waals surface area contributed by atoms with Gasteiger partial charge in [0, 0.05) is 0 Å². The summed E-state index contributed by atoms with van der Waals surface area (Å²) in [5.41, 5.74) is 0.352. The van der Waals surface area contributed by atoms with Crippen molar-refractivity contribution in [3.8, 4) is 11.5 Å². The zero-order chi connectivity index (χ0) is 20.9. The Hall–Kier alpha value is -2.63. The number of nitrogens with zero attached hydrogens (tertiary/aromatic N) is 3. The molecule has 8 nitrogen and oxygen atoms in total. The zero-order valence-corrected chi connectivity index (χ0v) is 18.1. The Kier molecular flexibility index (Phi) is 6.72. The first-order chi connectivity index (χ1) is 13.8. The van der Waals surface area contributed by atoms with Gasteiger partial charge < -0.3 is 4.74 Å². The monoisotopic (exact) mass is 450 g/mol. The van der Waals surface area contributed by atoms with E-state index in [0.717, 1.165) is 10.6 Å². The average molecular weight is 451 g/mol. The Balaban J connectivity index is 1.72. The van der Waals surface area contributed by atoms with Crippen molar-refractivity contribution in [3.63, 3.8) is 0 Å². The first-order valence-electron chi connectivity index (χ1n) is 8.33. The molecule has 152 valence electrons. The number of carbonyl (C=O) groups excluding carboxylic acids is 1. The van der Waals surface area contributed by atoms with Crippen molar-refractivity contribution in [1.82, 2.24) is 10.2 Å². The Morgan fingerprint density at radius 3 is 2.34 bits per heavy atom. The van der Waals surface area contributed by atoms with E-state index in [2.05, 4.69) is 15.5 Å². The highest BCUT2D eigenvalue weighted by Crippen LogP contribution is 2.26. The molecule has 1 heterocycles. The van der Waals surface area contributed by atoms with E-state index < -0.39 is 15.9 Å². The summed E-state index contributed by atoms with van der Waals surface area (Å²) >= 11 is 2.63. The van der Waals surface area contributed by atoms with E-state index >= 15 is 0 Å². The molecule has 0 aliphatic rings. The molecule has 0 aliphatic heterocycles. The Morgan fingerprint density at radius 2 is 1.76 bits per heavy atom. The summed E-state index contributed by atoms with van der Waals surface area (Å²) in [6, 6.07) is 15.7. The van der Waals surface area contributed by atoms with E-state index in [4.69, 9.17) is 4.74 Å². The van der Waals surface area contributed by atoms with Crippen molar-refractivity contribution in [1.29, 1.82) is 0 Å². The summed E-state index contributed by atoms with van der Waals surface area (Å²) in [6.07, 6.45) is 2.90. The number of carbonyl (C=O) groups is 1. The van der Waals surface area contributed by atoms with Crippen LogP contribution in [0.5, 0.6) is 11.5 Å². The fraction of sp³-hybridized carbons (Fsp3) is 0.167. The fourth-order valence-electron chi connectivity index (χ4n) is 2.34. The van der Waals surface area contributed by atoms with Crippen LogP contribution >= 0.6 is 23.1 Å². The second kappa shape index (κ2) is 9.25. The molecule has 3 aromatic rings. The number of sulfonamides is 1. The Labute approximate surface area is 177 Å². The number of amides is 1. The van der Waals surface area contributed by atoms with E-state index in [-0.39, 0.29) is 6.54 Å². The van der Waals surface area contributed by atoms with Gasteiger partial charge in [-0.3, -0.25) is 14.4 Å². The highest BCUT2D eigenvalue weighted by molar-refractivity contribution is 8.00. The minimum atomic E-state index is -3.68. The third-order valence-electron chi connectivity index (χ3n) is 3.62. The zero-order valence-electron chi connectivity index (χ0n) is 15.6. The van der Waals surface area contributed by atoms with Gasteiger partial charge in [0.05, 0.1) is 11.9 Å². The number of para-hydroxylation sites is 1. The summed E-state index contributed by atoms with van der Waals surface area (Å²) in [6.45, 7) is -0.383. The highest BCUT2D eigenvalue weighted by Gasteiger charge is 2.21. The van der Waals surface area contributed by atoms with Crippen molar-refractivity contribution >= 4 is 49.8 Å². The number of rotatable bonds is 8. The largest absolute Gasteiger partial charge is 0.457 e. The topological polar surface area (TPSA) is 101 Å². The molecule has 0 fully saturated rings. The molecule has 29 heavy (non-hydrogen) atoms. The minimum Gasteiger partial charge on any atom is -0.457 e. The molecular weight excluding hydrogens is 432 g/mol. The lowest BCUT2D eigenvalue weighted by Gasteiger charge is -2.21. The Morgan fingerprint density at radius 1 is 1.10 bits per heavy atom. The van der Waals surface area contributed by atoms with Crippen LogP contribution in [0.25, 0.3) is 0 Å². The molecule has 0 spiro atoms. The van der Waals surface area contributed by atoms with Crippen molar-refractivity contribution < 1.29 is 17.9 Å². The molecule has 0 aliphatic carbocycles. The van der Waals surface area contributed by atoms with E-state index in [1.54, 1.807) is 24.3 Å². The molecule has 0 atom stereocenters. The number of thioether (sulfide) groups is 1. The maximum Gasteiger partial charge on any atom is 0.246 e. The normalized spacial score (nSPS) is 11.1. The van der Waals surface area contributed by atoms with E-state index in [0.29, 0.717) is 26.7 Å². The van der Waals surface area contributed by atoms with Crippen molar-refractivity contribution in [3.05, 3.63) is 54.6 Å². The predicted molar refractivity (Wildman–Crippen MR) is 115 cm³/mol. The maximum atomic E-state index is 12.3. The SMILES string of the molecule is CSc1nnc(NC(=O)CN(c2ccc(Oc3ccccc3)cc2)S(C)(=O)=O)s1. The summed E-state index contributed by atoms with van der Waals surface area (Å²) in [7, 11) is -3.68. The van der Waals surface area contributed by atoms with Gasteiger partial charge >= 0.3 is 0 Å². The molecule has 0 unspecified atom stereocenters. The molecule has 11 heteroatoms. The smallest absolute Gasteiger partial charge is 0.246 e. The second-order valence-corrected chi connectivity index (χ2v) is 9.74. The quantitative estimate of drug-likeness (QED) is 0.414. The van der Waals surface area contributed by atoms with Gasteiger partial charge in [-0.1, -0.05) is 41.3 Å². The van der Waals surface area contributed by atoms with E-state index in [1.165, 1.54) is 23.1 Å². The van der Waals surface area contributed by atoms with Crippen LogP contribution in [0.15, 0.2) is 58.9 Å². The van der Waals surface area contributed by atoms with Crippen molar-refractivity contribution in [2.75, 3.05) is 28.7 Å². The van der Waals surface area contributed by atoms with Gasteiger partial charge in [0.15, 0.2) is 4.34 Å². The van der Waals surface area contributed by atoms with Crippen molar-refractivity contribution in [2.24, 2.45) is 0 Å². The van der Waals surface area contributed by atoms with Gasteiger partial charge in [0.25, 0.3) is 0 Å². The lowest BCUT2D eigenvalue weighted by Crippen LogP contribution is -2.37. The number of hydrogen-bond donors (Lipinski definition) is 1. The molecule has 0 bridgehead atoms. The van der Waals surface area contributed by atoms with E-state index in [9.17, 15) is 13.2 Å². The van der Waals surface area contributed by atoms with Crippen LogP contribution in [-0.4, -0.2) is 43.6 Å². The van der Waals surface area contributed by atoms with Crippen molar-refractivity contribution in [2.45, 2.75) is 4.34 Å². The minimum absolute atomic E-state index is 0.319. The van der Waals surface area contributed by atoms with Crippen LogP contribution in [0.4, 0.5) is 10.8 Å². The molecule has 0 radical (unpaired) electrons. The Bertz CT molecular complexity index is 1070. The third-order valence-corrected chi connectivity index (χ3v) is 6.57. The lowest BCUT2D eigenvalue weighted by atomic mass is 10.3. The first kappa shape index (κ1) is 21.1. The van der Waals surface area contributed by atoms with Crippen LogP contribution < -0.4 is 14.4 Å². The number of nitrogens with one attached hydrogen (secondary N) is 1. The van der Waals surface area contributed by atoms with Crippen LogP contribution in [0.3, 0.4) is 0 Å². The molecule has 1 aromatic heterocycles. The van der Waals surface area contributed by atoms with Crippen LogP contribution in [-0.2, 0) is 14.8 Å². The number of anilines is 2. The maximum absolute atomic E-state index is 12.3. The van der Waals surface area contributed by atoms with Crippen LogP contribution in [0, 0.1) is 0 Å². The number of hydrogen-bond acceptors (Lipinski definition) is 8. The summed E-state index contributed by atoms with van der Waals surface area (Å²) in [5.74, 6) is 0.710. The third kappa shape index (κ3) is 5.92. The highest BCUT2D eigenvalue weighted by atomic mass is 32.2. The van der Waals surface area contributed by atoms with Gasteiger partial charge in [0.2, 0.25) is 21.1 Å². The van der Waals surface area contributed by atoms with Gasteiger partial charge in [-0.05, 0) is 42.7 Å². The van der Waals surface area contributed by atoms with Gasteiger partial charge in [-0.2, -0.15) is 0 Å². The molecule has 2 aromatic carbocycles. The molecular formula is C18H18N4O4S3. The van der Waals surface area contributed by atoms with Gasteiger partial charge in [0.1, 0.15) is 18.0 Å². The molecule has 1 N–H and O–H groups in total. The molecule has 0 saturated carbocycles. The molecule has 1 amide bonds. The van der Waals surface area contributed by atoms with E-state index in [1.807, 2.05) is 36.6 Å². The first-order valence-corrected chi connectivity index (χ1v) is 12.2. The lowest BCUT2D eigenvalue weighted by molar-refractivity contribution is -0.114. The van der Waals surface area contributed by atoms with Crippen LogP contribution in [0.2, 0.25) is 0 Å².